The number of carboxylic acid groups (broad SMARTS) is 1. The molecular formula is C13H17ClO10. The van der Waals surface area contributed by atoms with Gasteiger partial charge >= 0.3 is 24.1 Å². The van der Waals surface area contributed by atoms with E-state index in [4.69, 9.17) is 35.7 Å². The maximum Gasteiger partial charge on any atom is 0.506 e. The fourth-order valence-electron chi connectivity index (χ4n) is 2.10. The summed E-state index contributed by atoms with van der Waals surface area (Å²) in [5.41, 5.74) is -1.36. The van der Waals surface area contributed by atoms with Gasteiger partial charge in [-0.25, -0.2) is 4.79 Å². The molecule has 11 heteroatoms. The number of hydrogen-bond acceptors (Lipinski definition) is 9. The number of rotatable bonds is 5. The van der Waals surface area contributed by atoms with Crippen LogP contribution in [0.3, 0.4) is 0 Å². The zero-order valence-corrected chi connectivity index (χ0v) is 13.8. The van der Waals surface area contributed by atoms with Crippen molar-refractivity contribution in [3.63, 3.8) is 0 Å². The van der Waals surface area contributed by atoms with Gasteiger partial charge in [-0.1, -0.05) is 11.6 Å². The third kappa shape index (κ3) is 5.85. The predicted molar refractivity (Wildman–Crippen MR) is 75.2 cm³/mol. The van der Waals surface area contributed by atoms with Gasteiger partial charge in [-0.3, -0.25) is 14.4 Å². The van der Waals surface area contributed by atoms with Crippen LogP contribution in [0.4, 0.5) is 4.79 Å². The largest absolute Gasteiger partial charge is 0.506 e. The number of halogens is 1. The first kappa shape index (κ1) is 20.0. The summed E-state index contributed by atoms with van der Waals surface area (Å²) in [5.74, 6) is -2.16. The van der Waals surface area contributed by atoms with E-state index in [9.17, 15) is 19.2 Å². The molecule has 0 aromatic heterocycles. The minimum atomic E-state index is -1.69. The Kier molecular flexibility index (Phi) is 7.23. The smallest absolute Gasteiger partial charge is 0.463 e. The van der Waals surface area contributed by atoms with E-state index >= 15 is 0 Å². The SMILES string of the molecule is CC(=O)OCC1O[C@@H](Cl)[C@H](OC(=O)O)C(OC(C)=O)[C@@H]1OC(C)=O. The number of esters is 3. The van der Waals surface area contributed by atoms with Crippen LogP contribution in [0.5, 0.6) is 0 Å². The lowest BCUT2D eigenvalue weighted by molar-refractivity contribution is -0.234. The van der Waals surface area contributed by atoms with Crippen molar-refractivity contribution in [3.05, 3.63) is 0 Å². The van der Waals surface area contributed by atoms with Gasteiger partial charge in [0.15, 0.2) is 23.9 Å². The van der Waals surface area contributed by atoms with Gasteiger partial charge in [-0.05, 0) is 0 Å². The van der Waals surface area contributed by atoms with Gasteiger partial charge in [-0.15, -0.1) is 0 Å². The highest BCUT2D eigenvalue weighted by molar-refractivity contribution is 6.20. The van der Waals surface area contributed by atoms with Crippen molar-refractivity contribution >= 4 is 35.7 Å². The van der Waals surface area contributed by atoms with Crippen LogP contribution >= 0.6 is 11.6 Å². The average molecular weight is 369 g/mol. The first-order chi connectivity index (χ1) is 11.1. The molecular weight excluding hydrogens is 352 g/mol. The van der Waals surface area contributed by atoms with Gasteiger partial charge in [0.25, 0.3) is 0 Å². The molecule has 1 saturated heterocycles. The van der Waals surface area contributed by atoms with Crippen molar-refractivity contribution in [3.8, 4) is 0 Å². The molecule has 1 aliphatic heterocycles. The topological polar surface area (TPSA) is 135 Å². The van der Waals surface area contributed by atoms with Crippen LogP contribution < -0.4 is 0 Å². The average Bonchev–Trinajstić information content (AvgIpc) is 2.42. The Morgan fingerprint density at radius 3 is 1.92 bits per heavy atom. The predicted octanol–water partition coefficient (Wildman–Crippen LogP) is 0.440. The number of hydrogen-bond donors (Lipinski definition) is 1. The number of carbonyl (C=O) groups is 4. The van der Waals surface area contributed by atoms with Crippen molar-refractivity contribution < 1.29 is 48.0 Å². The molecule has 1 N–H and O–H groups in total. The van der Waals surface area contributed by atoms with E-state index in [1.165, 1.54) is 0 Å². The fourth-order valence-corrected chi connectivity index (χ4v) is 2.43. The Hall–Kier alpha value is -2.07. The van der Waals surface area contributed by atoms with Gasteiger partial charge < -0.3 is 28.8 Å². The molecule has 136 valence electrons. The molecule has 0 radical (unpaired) electrons. The molecule has 1 fully saturated rings. The van der Waals surface area contributed by atoms with Gasteiger partial charge in [0.05, 0.1) is 0 Å². The molecule has 1 aliphatic rings. The van der Waals surface area contributed by atoms with Crippen molar-refractivity contribution in [2.75, 3.05) is 6.61 Å². The summed E-state index contributed by atoms with van der Waals surface area (Å²) < 4.78 is 24.8. The summed E-state index contributed by atoms with van der Waals surface area (Å²) in [5, 5.41) is 8.79. The number of ether oxygens (including phenoxy) is 5. The molecule has 5 atom stereocenters. The van der Waals surface area contributed by atoms with Gasteiger partial charge in [0.2, 0.25) is 0 Å². The van der Waals surface area contributed by atoms with E-state index in [0.717, 1.165) is 20.8 Å². The Labute approximate surface area is 141 Å². The molecule has 0 spiro atoms. The zero-order chi connectivity index (χ0) is 18.4. The molecule has 0 aromatic carbocycles. The minimum Gasteiger partial charge on any atom is -0.463 e. The molecule has 1 rings (SSSR count). The highest BCUT2D eigenvalue weighted by atomic mass is 35.5. The van der Waals surface area contributed by atoms with E-state index in [1.54, 1.807) is 0 Å². The summed E-state index contributed by atoms with van der Waals surface area (Å²) in [7, 11) is 0. The second-order valence-corrected chi connectivity index (χ2v) is 5.25. The van der Waals surface area contributed by atoms with Crippen LogP contribution in [0.15, 0.2) is 0 Å². The molecule has 2 unspecified atom stereocenters. The quantitative estimate of drug-likeness (QED) is 0.413. The molecule has 0 aromatic rings. The Balaban J connectivity index is 3.11. The van der Waals surface area contributed by atoms with Crippen molar-refractivity contribution in [2.45, 2.75) is 50.8 Å². The van der Waals surface area contributed by atoms with Crippen molar-refractivity contribution in [1.82, 2.24) is 0 Å². The van der Waals surface area contributed by atoms with Crippen LogP contribution in [0.2, 0.25) is 0 Å². The van der Waals surface area contributed by atoms with E-state index in [1.807, 2.05) is 0 Å². The first-order valence-corrected chi connectivity index (χ1v) is 7.22. The van der Waals surface area contributed by atoms with Gasteiger partial charge in [0.1, 0.15) is 12.7 Å². The summed E-state index contributed by atoms with van der Waals surface area (Å²) in [6, 6.07) is 0. The van der Waals surface area contributed by atoms with Gasteiger partial charge in [-0.2, -0.15) is 0 Å². The monoisotopic (exact) mass is 368 g/mol. The molecule has 10 nitrogen and oxygen atoms in total. The second-order valence-electron chi connectivity index (χ2n) is 4.82. The lowest BCUT2D eigenvalue weighted by Gasteiger charge is -2.42. The Bertz CT molecular complexity index is 507. The molecule has 0 saturated carbocycles. The third-order valence-electron chi connectivity index (χ3n) is 2.87. The molecule has 1 heterocycles. The van der Waals surface area contributed by atoms with Crippen LogP contribution in [0.25, 0.3) is 0 Å². The minimum absolute atomic E-state index is 0.353. The second kappa shape index (κ2) is 8.69. The highest BCUT2D eigenvalue weighted by Crippen LogP contribution is 2.30. The molecule has 0 aliphatic carbocycles. The maximum atomic E-state index is 11.3. The number of carbonyl (C=O) groups excluding carboxylic acids is 3. The Morgan fingerprint density at radius 2 is 1.46 bits per heavy atom. The zero-order valence-electron chi connectivity index (χ0n) is 13.1. The Morgan fingerprint density at radius 1 is 0.917 bits per heavy atom. The summed E-state index contributed by atoms with van der Waals surface area (Å²) in [6.45, 7) is 2.96. The lowest BCUT2D eigenvalue weighted by atomic mass is 9.99. The van der Waals surface area contributed by atoms with Crippen LogP contribution in [-0.2, 0) is 38.1 Å². The van der Waals surface area contributed by atoms with E-state index in [2.05, 4.69) is 4.74 Å². The summed E-state index contributed by atoms with van der Waals surface area (Å²) >= 11 is 5.93. The standard InChI is InChI=1S/C13H17ClO10/c1-5(15)20-4-8-9(21-6(2)16)10(22-7(3)17)11(12(14)23-8)24-13(18)19/h8-12H,4H2,1-3H3,(H,18,19)/t8?,9-,10?,11-,12-/m1/s1. The van der Waals surface area contributed by atoms with Crippen LogP contribution in [0, 0.1) is 0 Å². The molecule has 0 amide bonds. The summed E-state index contributed by atoms with van der Waals surface area (Å²) in [4.78, 5) is 44.4. The molecule has 0 bridgehead atoms. The van der Waals surface area contributed by atoms with E-state index < -0.39 is 54.0 Å². The highest BCUT2D eigenvalue weighted by Gasteiger charge is 2.51. The number of alkyl halides is 1. The maximum absolute atomic E-state index is 11.3. The lowest BCUT2D eigenvalue weighted by Crippen LogP contribution is -2.61. The first-order valence-electron chi connectivity index (χ1n) is 6.78. The van der Waals surface area contributed by atoms with Gasteiger partial charge in [0, 0.05) is 20.8 Å². The van der Waals surface area contributed by atoms with E-state index in [0.29, 0.717) is 0 Å². The van der Waals surface area contributed by atoms with Crippen LogP contribution in [-0.4, -0.2) is 65.8 Å². The fraction of sp³-hybridized carbons (Fsp3) is 0.692. The normalized spacial score (nSPS) is 29.2. The third-order valence-corrected chi connectivity index (χ3v) is 3.22. The summed E-state index contributed by atoms with van der Waals surface area (Å²) in [6.07, 6.45) is -6.89. The molecule has 24 heavy (non-hydrogen) atoms. The van der Waals surface area contributed by atoms with Crippen LogP contribution in [0.1, 0.15) is 20.8 Å². The van der Waals surface area contributed by atoms with Crippen molar-refractivity contribution in [2.24, 2.45) is 0 Å². The van der Waals surface area contributed by atoms with E-state index in [-0.39, 0.29) is 6.61 Å². The van der Waals surface area contributed by atoms with Crippen molar-refractivity contribution in [1.29, 1.82) is 0 Å².